The number of hydrogen-bond acceptors (Lipinski definition) is 3. The summed E-state index contributed by atoms with van der Waals surface area (Å²) in [4.78, 5) is 2.34. The lowest BCUT2D eigenvalue weighted by Crippen LogP contribution is -2.24. The van der Waals surface area contributed by atoms with Gasteiger partial charge in [0, 0.05) is 18.7 Å². The molecule has 0 unspecified atom stereocenters. The van der Waals surface area contributed by atoms with Crippen LogP contribution >= 0.6 is 0 Å². The summed E-state index contributed by atoms with van der Waals surface area (Å²) in [5.74, 6) is 2.75. The minimum atomic E-state index is 0.674. The van der Waals surface area contributed by atoms with Gasteiger partial charge in [-0.15, -0.1) is 0 Å². The first-order chi connectivity index (χ1) is 9.42. The molecule has 1 heterocycles. The van der Waals surface area contributed by atoms with Crippen molar-refractivity contribution < 1.29 is 4.42 Å². The molecule has 0 aliphatic rings. The Kier molecular flexibility index (Phi) is 7.03. The molecule has 1 aromatic heterocycles. The third-order valence-electron chi connectivity index (χ3n) is 3.26. The highest BCUT2D eigenvalue weighted by Crippen LogP contribution is 2.16. The highest BCUT2D eigenvalue weighted by Gasteiger charge is 2.11. The largest absolute Gasteiger partial charge is 0.465 e. The molecule has 0 saturated carbocycles. The molecule has 0 atom stereocenters. The van der Waals surface area contributed by atoms with Crippen molar-refractivity contribution in [3.05, 3.63) is 35.3 Å². The van der Waals surface area contributed by atoms with Crippen LogP contribution in [0.5, 0.6) is 0 Å². The molecular weight excluding hydrogens is 248 g/mol. The summed E-state index contributed by atoms with van der Waals surface area (Å²) in [5.41, 5.74) is 2.46. The van der Waals surface area contributed by atoms with E-state index >= 15 is 0 Å². The Morgan fingerprint density at radius 3 is 2.70 bits per heavy atom. The maximum atomic E-state index is 5.87. The Bertz CT molecular complexity index is 421. The highest BCUT2D eigenvalue weighted by molar-refractivity contribution is 5.20. The van der Waals surface area contributed by atoms with Crippen molar-refractivity contribution in [2.75, 3.05) is 19.6 Å². The molecule has 1 N–H and O–H groups in total. The molecule has 1 rings (SSSR count). The summed E-state index contributed by atoms with van der Waals surface area (Å²) in [5, 5.41) is 3.47. The average molecular weight is 278 g/mol. The van der Waals surface area contributed by atoms with Crippen LogP contribution in [-0.2, 0) is 13.1 Å². The molecule has 0 aliphatic carbocycles. The number of nitrogens with one attached hydrogen (secondary N) is 1. The molecule has 0 fully saturated rings. The normalized spacial score (nSPS) is 11.6. The van der Waals surface area contributed by atoms with Crippen molar-refractivity contribution in [2.24, 2.45) is 5.92 Å². The Hall–Kier alpha value is -1.06. The van der Waals surface area contributed by atoms with Crippen molar-refractivity contribution in [1.29, 1.82) is 0 Å². The van der Waals surface area contributed by atoms with E-state index in [0.29, 0.717) is 5.92 Å². The van der Waals surface area contributed by atoms with E-state index in [4.69, 9.17) is 4.42 Å². The fraction of sp³-hybridized carbons (Fsp3) is 0.647. The minimum Gasteiger partial charge on any atom is -0.465 e. The zero-order valence-corrected chi connectivity index (χ0v) is 13.8. The molecule has 0 radical (unpaired) electrons. The smallest absolute Gasteiger partial charge is 0.118 e. The minimum absolute atomic E-state index is 0.674. The van der Waals surface area contributed by atoms with E-state index in [1.54, 1.807) is 0 Å². The lowest BCUT2D eigenvalue weighted by molar-refractivity contribution is 0.274. The number of aryl methyl sites for hydroxylation is 1. The number of rotatable bonds is 9. The summed E-state index contributed by atoms with van der Waals surface area (Å²) in [6.45, 7) is 19.4. The maximum Gasteiger partial charge on any atom is 0.118 e. The molecule has 1 aromatic rings. The van der Waals surface area contributed by atoms with Gasteiger partial charge in [0.05, 0.1) is 6.54 Å². The Morgan fingerprint density at radius 2 is 2.15 bits per heavy atom. The molecule has 0 amide bonds. The lowest BCUT2D eigenvalue weighted by Gasteiger charge is -2.18. The third kappa shape index (κ3) is 5.93. The van der Waals surface area contributed by atoms with E-state index in [1.807, 2.05) is 6.92 Å². The monoisotopic (exact) mass is 278 g/mol. The number of likely N-dealkylation sites (N-methyl/N-ethyl adjacent to an activating group) is 1. The number of hydrogen-bond donors (Lipinski definition) is 1. The zero-order chi connectivity index (χ0) is 15.1. The van der Waals surface area contributed by atoms with Crippen LogP contribution in [0.15, 0.2) is 22.6 Å². The van der Waals surface area contributed by atoms with Crippen LogP contribution in [0.4, 0.5) is 0 Å². The molecule has 0 aromatic carbocycles. The van der Waals surface area contributed by atoms with Crippen molar-refractivity contribution in [1.82, 2.24) is 10.2 Å². The van der Waals surface area contributed by atoms with Crippen molar-refractivity contribution in [2.45, 2.75) is 47.7 Å². The number of nitrogens with zero attached hydrogens (tertiary/aromatic N) is 1. The molecule has 0 bridgehead atoms. The Morgan fingerprint density at radius 1 is 1.45 bits per heavy atom. The summed E-state index contributed by atoms with van der Waals surface area (Å²) in [7, 11) is 0. The van der Waals surface area contributed by atoms with Crippen LogP contribution in [0.25, 0.3) is 0 Å². The molecule has 114 valence electrons. The van der Waals surface area contributed by atoms with Crippen LogP contribution in [0.1, 0.15) is 44.8 Å². The predicted octanol–water partition coefficient (Wildman–Crippen LogP) is 3.73. The fourth-order valence-corrected chi connectivity index (χ4v) is 2.22. The lowest BCUT2D eigenvalue weighted by atomic mass is 10.2. The first-order valence-corrected chi connectivity index (χ1v) is 7.58. The second kappa shape index (κ2) is 8.28. The maximum absolute atomic E-state index is 5.87. The van der Waals surface area contributed by atoms with Gasteiger partial charge in [0.25, 0.3) is 0 Å². The van der Waals surface area contributed by atoms with E-state index < -0.39 is 0 Å². The molecule has 3 nitrogen and oxygen atoms in total. The molecule has 0 saturated heterocycles. The van der Waals surface area contributed by atoms with Gasteiger partial charge in [0.15, 0.2) is 0 Å². The van der Waals surface area contributed by atoms with E-state index in [9.17, 15) is 0 Å². The van der Waals surface area contributed by atoms with Crippen LogP contribution in [0.3, 0.4) is 0 Å². The quantitative estimate of drug-likeness (QED) is 0.698. The van der Waals surface area contributed by atoms with E-state index in [-0.39, 0.29) is 0 Å². The van der Waals surface area contributed by atoms with Crippen molar-refractivity contribution >= 4 is 0 Å². The van der Waals surface area contributed by atoms with Gasteiger partial charge in [-0.05, 0) is 38.9 Å². The summed E-state index contributed by atoms with van der Waals surface area (Å²) in [6.07, 6.45) is 0. The van der Waals surface area contributed by atoms with Crippen LogP contribution < -0.4 is 5.32 Å². The molecule has 0 aliphatic heterocycles. The molecule has 20 heavy (non-hydrogen) atoms. The Balaban J connectivity index is 2.57. The molecule has 3 heteroatoms. The van der Waals surface area contributed by atoms with E-state index in [0.717, 1.165) is 44.2 Å². The first-order valence-electron chi connectivity index (χ1n) is 7.58. The standard InChI is InChI=1S/C17H30N2O/c1-7-19(11-14(4)5)12-17-8-16(15(6)20-17)10-18-9-13(2)3/h8,13,18H,4,7,9-12H2,1-3,5-6H3. The summed E-state index contributed by atoms with van der Waals surface area (Å²) >= 11 is 0. The van der Waals surface area contributed by atoms with Gasteiger partial charge >= 0.3 is 0 Å². The third-order valence-corrected chi connectivity index (χ3v) is 3.26. The SMILES string of the molecule is C=C(C)CN(CC)Cc1cc(CNCC(C)C)c(C)o1. The zero-order valence-electron chi connectivity index (χ0n) is 13.8. The van der Waals surface area contributed by atoms with Gasteiger partial charge in [-0.25, -0.2) is 0 Å². The first kappa shape index (κ1) is 17.0. The fourth-order valence-electron chi connectivity index (χ4n) is 2.22. The predicted molar refractivity (Wildman–Crippen MR) is 85.8 cm³/mol. The van der Waals surface area contributed by atoms with Crippen LogP contribution in [0.2, 0.25) is 0 Å². The highest BCUT2D eigenvalue weighted by atomic mass is 16.3. The summed E-state index contributed by atoms with van der Waals surface area (Å²) in [6, 6.07) is 2.18. The summed E-state index contributed by atoms with van der Waals surface area (Å²) < 4.78 is 5.87. The van der Waals surface area contributed by atoms with Gasteiger partial charge in [0.1, 0.15) is 11.5 Å². The van der Waals surface area contributed by atoms with Crippen molar-refractivity contribution in [3.63, 3.8) is 0 Å². The van der Waals surface area contributed by atoms with E-state index in [2.05, 4.69) is 50.6 Å². The van der Waals surface area contributed by atoms with Crippen LogP contribution in [0, 0.1) is 12.8 Å². The molecule has 0 spiro atoms. The Labute approximate surface area is 124 Å². The topological polar surface area (TPSA) is 28.4 Å². The van der Waals surface area contributed by atoms with Gasteiger partial charge in [0.2, 0.25) is 0 Å². The van der Waals surface area contributed by atoms with Gasteiger partial charge in [-0.2, -0.15) is 0 Å². The second-order valence-corrected chi connectivity index (χ2v) is 6.08. The molecular formula is C17H30N2O. The average Bonchev–Trinajstić information content (AvgIpc) is 2.68. The second-order valence-electron chi connectivity index (χ2n) is 6.08. The van der Waals surface area contributed by atoms with Gasteiger partial charge < -0.3 is 9.73 Å². The van der Waals surface area contributed by atoms with E-state index in [1.165, 1.54) is 11.1 Å². The van der Waals surface area contributed by atoms with Gasteiger partial charge in [-0.3, -0.25) is 4.90 Å². The van der Waals surface area contributed by atoms with Crippen LogP contribution in [-0.4, -0.2) is 24.5 Å². The van der Waals surface area contributed by atoms with Gasteiger partial charge in [-0.1, -0.05) is 32.9 Å². The number of furan rings is 1. The van der Waals surface area contributed by atoms with Crippen molar-refractivity contribution in [3.8, 4) is 0 Å².